The van der Waals surface area contributed by atoms with Crippen LogP contribution < -0.4 is 4.90 Å². The summed E-state index contributed by atoms with van der Waals surface area (Å²) in [5, 5.41) is 0.756. The summed E-state index contributed by atoms with van der Waals surface area (Å²) in [4.78, 5) is 27.4. The highest BCUT2D eigenvalue weighted by Crippen LogP contribution is 2.11. The Hall–Kier alpha value is -2.37. The van der Waals surface area contributed by atoms with Crippen LogP contribution in [0.25, 0.3) is 0 Å². The normalized spacial score (nSPS) is 14.9. The van der Waals surface area contributed by atoms with Crippen LogP contribution in [0.1, 0.15) is 26.3 Å². The molecule has 0 atom stereocenters. The van der Waals surface area contributed by atoms with E-state index in [1.54, 1.807) is 24.3 Å². The lowest BCUT2D eigenvalue weighted by Gasteiger charge is -2.32. The molecule has 1 aliphatic rings. The van der Waals surface area contributed by atoms with Gasteiger partial charge in [0.1, 0.15) is 6.54 Å². The summed E-state index contributed by atoms with van der Waals surface area (Å²) in [5.41, 5.74) is 2.25. The van der Waals surface area contributed by atoms with Crippen LogP contribution >= 0.6 is 11.6 Å². The topological polar surface area (TPSA) is 51.1 Å². The van der Waals surface area contributed by atoms with Crippen molar-refractivity contribution in [1.29, 1.82) is 0 Å². The van der Waals surface area contributed by atoms with E-state index in [-0.39, 0.29) is 5.91 Å². The van der Waals surface area contributed by atoms with Crippen molar-refractivity contribution in [2.45, 2.75) is 6.54 Å². The number of piperazine rings is 1. The van der Waals surface area contributed by atoms with Gasteiger partial charge in [-0.05, 0) is 36.4 Å². The Balaban J connectivity index is 1.55. The molecule has 0 aromatic heterocycles. The Morgan fingerprint density at radius 1 is 1.08 bits per heavy atom. The van der Waals surface area contributed by atoms with Gasteiger partial charge in [-0.15, -0.1) is 0 Å². The molecule has 1 saturated heterocycles. The molecule has 1 heterocycles. The molecule has 136 valence electrons. The van der Waals surface area contributed by atoms with Gasteiger partial charge in [-0.25, -0.2) is 4.79 Å². The van der Waals surface area contributed by atoms with E-state index in [9.17, 15) is 9.59 Å². The Kier molecular flexibility index (Phi) is 5.91. The van der Waals surface area contributed by atoms with Crippen molar-refractivity contribution >= 4 is 23.5 Å². The van der Waals surface area contributed by atoms with Crippen LogP contribution in [-0.4, -0.2) is 50.1 Å². The van der Waals surface area contributed by atoms with E-state index in [0.29, 0.717) is 24.2 Å². The third kappa shape index (κ3) is 4.42. The van der Waals surface area contributed by atoms with Gasteiger partial charge in [-0.1, -0.05) is 23.7 Å². The molecule has 1 N–H and O–H groups in total. The fraction of sp³-hybridized carbons (Fsp3) is 0.300. The first-order chi connectivity index (χ1) is 12.6. The maximum atomic E-state index is 12.6. The summed E-state index contributed by atoms with van der Waals surface area (Å²) < 4.78 is 4.68. The van der Waals surface area contributed by atoms with Gasteiger partial charge in [0.15, 0.2) is 0 Å². The van der Waals surface area contributed by atoms with E-state index in [1.165, 1.54) is 17.6 Å². The molecule has 0 saturated carbocycles. The fourth-order valence-corrected chi connectivity index (χ4v) is 3.40. The summed E-state index contributed by atoms with van der Waals surface area (Å²) in [6.07, 6.45) is 0. The number of hydrogen-bond acceptors (Lipinski definition) is 3. The SMILES string of the molecule is COC(=O)c1ccc(C(=O)N2CC[NH+](Cc3cccc(Cl)c3)CC2)cc1. The largest absolute Gasteiger partial charge is 0.465 e. The predicted octanol–water partition coefficient (Wildman–Crippen LogP) is 1.67. The average Bonchev–Trinajstić information content (AvgIpc) is 2.67. The van der Waals surface area contributed by atoms with Gasteiger partial charge in [0.25, 0.3) is 5.91 Å². The number of nitrogens with one attached hydrogen (secondary N) is 1. The predicted molar refractivity (Wildman–Crippen MR) is 99.5 cm³/mol. The second-order valence-corrected chi connectivity index (χ2v) is 6.85. The third-order valence-electron chi connectivity index (χ3n) is 4.65. The number of nitrogens with zero attached hydrogens (tertiary/aromatic N) is 1. The summed E-state index contributed by atoms with van der Waals surface area (Å²) >= 11 is 6.04. The zero-order valence-corrected chi connectivity index (χ0v) is 15.5. The third-order valence-corrected chi connectivity index (χ3v) is 4.89. The van der Waals surface area contributed by atoms with E-state index in [2.05, 4.69) is 10.8 Å². The van der Waals surface area contributed by atoms with Gasteiger partial charge in [0, 0.05) is 16.1 Å². The highest BCUT2D eigenvalue weighted by atomic mass is 35.5. The summed E-state index contributed by atoms with van der Waals surface area (Å²) in [6.45, 7) is 4.15. The Morgan fingerprint density at radius 2 is 1.73 bits per heavy atom. The first-order valence-corrected chi connectivity index (χ1v) is 9.00. The number of quaternary nitrogens is 1. The van der Waals surface area contributed by atoms with Gasteiger partial charge < -0.3 is 14.5 Å². The zero-order chi connectivity index (χ0) is 18.5. The minimum absolute atomic E-state index is 0.00298. The Bertz CT molecular complexity index is 784. The smallest absolute Gasteiger partial charge is 0.337 e. The van der Waals surface area contributed by atoms with Crippen LogP contribution in [0, 0.1) is 0 Å². The molecule has 5 nitrogen and oxygen atoms in total. The Morgan fingerprint density at radius 3 is 2.35 bits per heavy atom. The molecule has 0 bridgehead atoms. The minimum atomic E-state index is -0.401. The second-order valence-electron chi connectivity index (χ2n) is 6.42. The van der Waals surface area contributed by atoms with Crippen molar-refractivity contribution in [2.75, 3.05) is 33.3 Å². The fourth-order valence-electron chi connectivity index (χ4n) is 3.19. The van der Waals surface area contributed by atoms with Crippen molar-refractivity contribution in [3.63, 3.8) is 0 Å². The van der Waals surface area contributed by atoms with Crippen molar-refractivity contribution in [1.82, 2.24) is 4.90 Å². The summed E-state index contributed by atoms with van der Waals surface area (Å²) in [5.74, 6) is -0.398. The highest BCUT2D eigenvalue weighted by Gasteiger charge is 2.24. The number of methoxy groups -OCH3 is 1. The monoisotopic (exact) mass is 373 g/mol. The first kappa shape index (κ1) is 18.4. The van der Waals surface area contributed by atoms with E-state index in [4.69, 9.17) is 11.6 Å². The molecule has 1 fully saturated rings. The lowest BCUT2D eigenvalue weighted by atomic mass is 10.1. The molecule has 2 aromatic carbocycles. The van der Waals surface area contributed by atoms with E-state index in [0.717, 1.165) is 24.7 Å². The number of esters is 1. The molecular formula is C20H22ClN2O3+. The molecule has 26 heavy (non-hydrogen) atoms. The molecule has 3 rings (SSSR count). The van der Waals surface area contributed by atoms with Crippen LogP contribution in [-0.2, 0) is 11.3 Å². The molecular weight excluding hydrogens is 352 g/mol. The second kappa shape index (κ2) is 8.34. The molecule has 1 amide bonds. The quantitative estimate of drug-likeness (QED) is 0.829. The van der Waals surface area contributed by atoms with Gasteiger partial charge >= 0.3 is 5.97 Å². The summed E-state index contributed by atoms with van der Waals surface area (Å²) in [6, 6.07) is 14.5. The van der Waals surface area contributed by atoms with E-state index >= 15 is 0 Å². The molecule has 0 radical (unpaired) electrons. The molecule has 1 aliphatic heterocycles. The molecule has 0 aliphatic carbocycles. The number of carbonyl (C=O) groups excluding carboxylic acids is 2. The lowest BCUT2D eigenvalue weighted by Crippen LogP contribution is -3.13. The Labute approximate surface area is 158 Å². The van der Waals surface area contributed by atoms with Gasteiger partial charge in [-0.3, -0.25) is 4.79 Å². The lowest BCUT2D eigenvalue weighted by molar-refractivity contribution is -0.917. The number of ether oxygens (including phenoxy) is 1. The van der Waals surface area contributed by atoms with Gasteiger partial charge in [0.2, 0.25) is 0 Å². The number of benzene rings is 2. The van der Waals surface area contributed by atoms with Crippen molar-refractivity contribution < 1.29 is 19.2 Å². The number of halogens is 1. The number of hydrogen-bond donors (Lipinski definition) is 1. The van der Waals surface area contributed by atoms with E-state index < -0.39 is 5.97 Å². The van der Waals surface area contributed by atoms with Gasteiger partial charge in [0.05, 0.1) is 38.9 Å². The maximum absolute atomic E-state index is 12.6. The van der Waals surface area contributed by atoms with Crippen molar-refractivity contribution in [2.24, 2.45) is 0 Å². The average molecular weight is 374 g/mol. The maximum Gasteiger partial charge on any atom is 0.337 e. The van der Waals surface area contributed by atoms with Crippen LogP contribution in [0.4, 0.5) is 0 Å². The molecule has 6 heteroatoms. The molecule has 0 spiro atoms. The van der Waals surface area contributed by atoms with Crippen molar-refractivity contribution in [3.05, 3.63) is 70.2 Å². The number of rotatable bonds is 4. The molecule has 2 aromatic rings. The van der Waals surface area contributed by atoms with Crippen LogP contribution in [0.5, 0.6) is 0 Å². The van der Waals surface area contributed by atoms with Crippen molar-refractivity contribution in [3.8, 4) is 0 Å². The highest BCUT2D eigenvalue weighted by molar-refractivity contribution is 6.30. The van der Waals surface area contributed by atoms with E-state index in [1.807, 2.05) is 23.1 Å². The standard InChI is InChI=1S/C20H21ClN2O3/c1-26-20(25)17-7-5-16(6-8-17)19(24)23-11-9-22(10-12-23)14-15-3-2-4-18(21)13-15/h2-8,13H,9-12,14H2,1H3/p+1. The van der Waals surface area contributed by atoms with Crippen LogP contribution in [0.3, 0.4) is 0 Å². The molecule has 0 unspecified atom stereocenters. The number of amides is 1. The first-order valence-electron chi connectivity index (χ1n) is 8.62. The zero-order valence-electron chi connectivity index (χ0n) is 14.7. The summed E-state index contributed by atoms with van der Waals surface area (Å²) in [7, 11) is 1.34. The minimum Gasteiger partial charge on any atom is -0.465 e. The van der Waals surface area contributed by atoms with Crippen LogP contribution in [0.2, 0.25) is 5.02 Å². The van der Waals surface area contributed by atoms with Gasteiger partial charge in [-0.2, -0.15) is 0 Å². The van der Waals surface area contributed by atoms with Crippen LogP contribution in [0.15, 0.2) is 48.5 Å². The number of carbonyl (C=O) groups is 2.